The van der Waals surface area contributed by atoms with E-state index >= 15 is 0 Å². The Labute approximate surface area is 144 Å². The number of carbonyl (C=O) groups is 2. The maximum atomic E-state index is 12.3. The van der Waals surface area contributed by atoms with Crippen molar-refractivity contribution in [3.63, 3.8) is 0 Å². The van der Waals surface area contributed by atoms with E-state index in [1.54, 1.807) is 18.1 Å². The van der Waals surface area contributed by atoms with Crippen LogP contribution in [0.5, 0.6) is 0 Å². The van der Waals surface area contributed by atoms with Crippen LogP contribution < -0.4 is 5.32 Å². The third-order valence-electron chi connectivity index (χ3n) is 4.61. The number of rotatable bonds is 6. The third kappa shape index (κ3) is 5.22. The number of hydrogen-bond donors (Lipinski definition) is 1. The molecule has 0 aliphatic carbocycles. The van der Waals surface area contributed by atoms with Crippen molar-refractivity contribution in [3.8, 4) is 0 Å². The van der Waals surface area contributed by atoms with Crippen molar-refractivity contribution >= 4 is 11.9 Å². The molecule has 1 aromatic heterocycles. The maximum absolute atomic E-state index is 12.3. The molecule has 3 amide bonds. The molecular formula is C18H28N4O2. The highest BCUT2D eigenvalue weighted by molar-refractivity contribution is 5.84. The summed E-state index contributed by atoms with van der Waals surface area (Å²) < 4.78 is 0. The number of piperidine rings is 1. The molecule has 132 valence electrons. The molecule has 0 spiro atoms. The lowest BCUT2D eigenvalue weighted by Gasteiger charge is -2.35. The molecule has 0 saturated carbocycles. The lowest BCUT2D eigenvalue weighted by atomic mass is 10.0. The van der Waals surface area contributed by atoms with Crippen LogP contribution in [0.4, 0.5) is 4.79 Å². The van der Waals surface area contributed by atoms with Crippen LogP contribution in [0.25, 0.3) is 0 Å². The average Bonchev–Trinajstić information content (AvgIpc) is 2.64. The zero-order valence-electron chi connectivity index (χ0n) is 14.7. The van der Waals surface area contributed by atoms with Crippen LogP contribution in [0.2, 0.25) is 0 Å². The first-order valence-corrected chi connectivity index (χ1v) is 8.80. The normalized spacial score (nSPS) is 17.4. The number of likely N-dealkylation sites (N-methyl/N-ethyl adjacent to an activating group) is 1. The molecule has 1 N–H and O–H groups in total. The smallest absolute Gasteiger partial charge is 0.318 e. The standard InChI is InChI=1S/C18H28N4O2/c1-3-16-9-5-7-12-22(16)18(24)20-14-17(23)21(2)13-10-15-8-4-6-11-19-15/h4,6,8,11,16H,3,5,7,9-10,12-14H2,1-2H3,(H,20,24)/t16-/m0/s1. The fraction of sp³-hybridized carbons (Fsp3) is 0.611. The molecule has 0 aromatic carbocycles. The maximum Gasteiger partial charge on any atom is 0.318 e. The Hall–Kier alpha value is -2.11. The van der Waals surface area contributed by atoms with E-state index < -0.39 is 0 Å². The molecule has 1 fully saturated rings. The van der Waals surface area contributed by atoms with Crippen LogP contribution in [0.1, 0.15) is 38.3 Å². The lowest BCUT2D eigenvalue weighted by molar-refractivity contribution is -0.128. The Balaban J connectivity index is 1.74. The van der Waals surface area contributed by atoms with Crippen molar-refractivity contribution in [1.82, 2.24) is 20.1 Å². The van der Waals surface area contributed by atoms with E-state index in [9.17, 15) is 9.59 Å². The summed E-state index contributed by atoms with van der Waals surface area (Å²) >= 11 is 0. The topological polar surface area (TPSA) is 65.5 Å². The van der Waals surface area contributed by atoms with E-state index in [4.69, 9.17) is 0 Å². The number of aromatic nitrogens is 1. The number of carbonyl (C=O) groups excluding carboxylic acids is 2. The molecule has 1 aliphatic rings. The number of urea groups is 1. The second-order valence-electron chi connectivity index (χ2n) is 6.30. The molecule has 2 heterocycles. The lowest BCUT2D eigenvalue weighted by Crippen LogP contribution is -2.50. The third-order valence-corrected chi connectivity index (χ3v) is 4.61. The van der Waals surface area contributed by atoms with Gasteiger partial charge in [0.15, 0.2) is 0 Å². The molecule has 6 nitrogen and oxygen atoms in total. The molecule has 6 heteroatoms. The SMILES string of the molecule is CC[C@H]1CCCCN1C(=O)NCC(=O)N(C)CCc1ccccn1. The van der Waals surface area contributed by atoms with Gasteiger partial charge in [0.25, 0.3) is 0 Å². The molecular weight excluding hydrogens is 304 g/mol. The van der Waals surface area contributed by atoms with Gasteiger partial charge in [0.1, 0.15) is 0 Å². The van der Waals surface area contributed by atoms with E-state index in [0.29, 0.717) is 19.0 Å². The van der Waals surface area contributed by atoms with Crippen molar-refractivity contribution in [2.75, 3.05) is 26.7 Å². The minimum Gasteiger partial charge on any atom is -0.344 e. The highest BCUT2D eigenvalue weighted by atomic mass is 16.2. The predicted molar refractivity (Wildman–Crippen MR) is 93.6 cm³/mol. The molecule has 1 aromatic rings. The predicted octanol–water partition coefficient (Wildman–Crippen LogP) is 2.06. The number of nitrogens with one attached hydrogen (secondary N) is 1. The first-order valence-electron chi connectivity index (χ1n) is 8.80. The quantitative estimate of drug-likeness (QED) is 0.867. The van der Waals surface area contributed by atoms with E-state index in [1.165, 1.54) is 6.42 Å². The summed E-state index contributed by atoms with van der Waals surface area (Å²) in [7, 11) is 1.76. The summed E-state index contributed by atoms with van der Waals surface area (Å²) in [5, 5.41) is 2.78. The van der Waals surface area contributed by atoms with Gasteiger partial charge in [-0.05, 0) is 37.8 Å². The Morgan fingerprint density at radius 1 is 1.38 bits per heavy atom. The van der Waals surface area contributed by atoms with Gasteiger partial charge >= 0.3 is 6.03 Å². The minimum atomic E-state index is -0.118. The van der Waals surface area contributed by atoms with Gasteiger partial charge in [-0.25, -0.2) is 4.79 Å². The summed E-state index contributed by atoms with van der Waals surface area (Å²) in [5.41, 5.74) is 0.959. The van der Waals surface area contributed by atoms with Gasteiger partial charge in [-0.2, -0.15) is 0 Å². The van der Waals surface area contributed by atoms with E-state index in [0.717, 1.165) is 31.5 Å². The van der Waals surface area contributed by atoms with E-state index in [-0.39, 0.29) is 18.5 Å². The average molecular weight is 332 g/mol. The van der Waals surface area contributed by atoms with Gasteiger partial charge in [-0.3, -0.25) is 9.78 Å². The second kappa shape index (κ2) is 9.25. The summed E-state index contributed by atoms with van der Waals surface area (Å²) in [4.78, 5) is 32.3. The van der Waals surface area contributed by atoms with Crippen molar-refractivity contribution in [3.05, 3.63) is 30.1 Å². The number of amides is 3. The van der Waals surface area contributed by atoms with Gasteiger partial charge in [0, 0.05) is 44.5 Å². The zero-order valence-corrected chi connectivity index (χ0v) is 14.7. The van der Waals surface area contributed by atoms with Crippen LogP contribution in [0, 0.1) is 0 Å². The first kappa shape index (κ1) is 18.2. The monoisotopic (exact) mass is 332 g/mol. The van der Waals surface area contributed by atoms with Gasteiger partial charge in [-0.1, -0.05) is 13.0 Å². The van der Waals surface area contributed by atoms with Crippen molar-refractivity contribution < 1.29 is 9.59 Å². The van der Waals surface area contributed by atoms with Crippen LogP contribution >= 0.6 is 0 Å². The van der Waals surface area contributed by atoms with Gasteiger partial charge in [0.2, 0.25) is 5.91 Å². The molecule has 1 atom stereocenters. The summed E-state index contributed by atoms with van der Waals surface area (Å²) in [6.45, 7) is 3.53. The fourth-order valence-corrected chi connectivity index (χ4v) is 3.03. The van der Waals surface area contributed by atoms with E-state index in [1.807, 2.05) is 23.1 Å². The first-order chi connectivity index (χ1) is 11.6. The van der Waals surface area contributed by atoms with Crippen LogP contribution in [-0.4, -0.2) is 59.4 Å². The Morgan fingerprint density at radius 2 is 2.21 bits per heavy atom. The summed E-state index contributed by atoms with van der Waals surface area (Å²) in [6, 6.07) is 5.94. The molecule has 2 rings (SSSR count). The summed E-state index contributed by atoms with van der Waals surface area (Å²) in [5.74, 6) is -0.0793. The Bertz CT molecular complexity index is 535. The van der Waals surface area contributed by atoms with Gasteiger partial charge in [-0.15, -0.1) is 0 Å². The molecule has 24 heavy (non-hydrogen) atoms. The Kier molecular flexibility index (Phi) is 7.03. The van der Waals surface area contributed by atoms with Crippen LogP contribution in [0.3, 0.4) is 0 Å². The fourth-order valence-electron chi connectivity index (χ4n) is 3.03. The minimum absolute atomic E-state index is 0.0461. The van der Waals surface area contributed by atoms with Gasteiger partial charge < -0.3 is 15.1 Å². The van der Waals surface area contributed by atoms with Crippen LogP contribution in [0.15, 0.2) is 24.4 Å². The zero-order chi connectivity index (χ0) is 17.4. The van der Waals surface area contributed by atoms with Crippen molar-refractivity contribution in [1.29, 1.82) is 0 Å². The highest BCUT2D eigenvalue weighted by Gasteiger charge is 2.25. The highest BCUT2D eigenvalue weighted by Crippen LogP contribution is 2.19. The van der Waals surface area contributed by atoms with Gasteiger partial charge in [0.05, 0.1) is 6.54 Å². The number of likely N-dealkylation sites (tertiary alicyclic amines) is 1. The molecule has 0 unspecified atom stereocenters. The molecule has 1 aliphatic heterocycles. The van der Waals surface area contributed by atoms with E-state index in [2.05, 4.69) is 17.2 Å². The van der Waals surface area contributed by atoms with Crippen molar-refractivity contribution in [2.24, 2.45) is 0 Å². The number of nitrogens with zero attached hydrogens (tertiary/aromatic N) is 3. The van der Waals surface area contributed by atoms with Crippen molar-refractivity contribution in [2.45, 2.75) is 45.1 Å². The molecule has 0 radical (unpaired) electrons. The molecule has 1 saturated heterocycles. The van der Waals surface area contributed by atoms with Crippen LogP contribution in [-0.2, 0) is 11.2 Å². The number of hydrogen-bond acceptors (Lipinski definition) is 3. The molecule has 0 bridgehead atoms. The summed E-state index contributed by atoms with van der Waals surface area (Å²) in [6.07, 6.45) is 6.70. The Morgan fingerprint density at radius 3 is 2.92 bits per heavy atom. The second-order valence-corrected chi connectivity index (χ2v) is 6.30. The number of pyridine rings is 1. The largest absolute Gasteiger partial charge is 0.344 e.